The van der Waals surface area contributed by atoms with E-state index in [1.165, 1.54) is 12.3 Å². The fourth-order valence-corrected chi connectivity index (χ4v) is 2.44. The fraction of sp³-hybridized carbons (Fsp3) is 0.600. The van der Waals surface area contributed by atoms with Crippen molar-refractivity contribution in [3.05, 3.63) is 22.7 Å². The maximum absolute atomic E-state index is 12.1. The van der Waals surface area contributed by atoms with E-state index in [4.69, 9.17) is 14.6 Å². The number of nitrogens with zero attached hydrogens (tertiary/aromatic N) is 2. The van der Waals surface area contributed by atoms with Crippen LogP contribution in [0.4, 0.5) is 5.82 Å². The van der Waals surface area contributed by atoms with E-state index in [1.54, 1.807) is 6.92 Å². The minimum absolute atomic E-state index is 0.0353. The number of amides is 1. The van der Waals surface area contributed by atoms with Crippen molar-refractivity contribution in [2.75, 3.05) is 18.5 Å². The molecule has 0 spiro atoms. The highest BCUT2D eigenvalue weighted by atomic mass is 16.6. The van der Waals surface area contributed by atoms with E-state index < -0.39 is 48.7 Å². The van der Waals surface area contributed by atoms with E-state index in [2.05, 4.69) is 10.3 Å². The molecule has 1 fully saturated rings. The topological polar surface area (TPSA) is 160 Å². The Morgan fingerprint density at radius 3 is 2.65 bits per heavy atom. The number of hydrogen-bond donors (Lipinski definition) is 4. The lowest BCUT2D eigenvalue weighted by atomic mass is 10.1. The van der Waals surface area contributed by atoms with Gasteiger partial charge in [0.05, 0.1) is 19.6 Å². The van der Waals surface area contributed by atoms with E-state index in [0.29, 0.717) is 0 Å². The second-order valence-electron chi connectivity index (χ2n) is 5.58. The molecule has 0 bridgehead atoms. The predicted octanol–water partition coefficient (Wildman–Crippen LogP) is -1.86. The van der Waals surface area contributed by atoms with Crippen molar-refractivity contribution < 1.29 is 34.4 Å². The normalized spacial score (nSPS) is 25.1. The Bertz CT molecular complexity index is 706. The van der Waals surface area contributed by atoms with Gasteiger partial charge in [0.2, 0.25) is 5.91 Å². The molecule has 0 radical (unpaired) electrons. The van der Waals surface area contributed by atoms with Gasteiger partial charge in [0.15, 0.2) is 6.23 Å². The zero-order valence-corrected chi connectivity index (χ0v) is 14.1. The Labute approximate surface area is 148 Å². The molecule has 144 valence electrons. The van der Waals surface area contributed by atoms with Gasteiger partial charge in [-0.3, -0.25) is 14.2 Å². The van der Waals surface area contributed by atoms with Gasteiger partial charge in [0.1, 0.15) is 24.1 Å². The number of hydrogen-bond acceptors (Lipinski definition) is 9. The van der Waals surface area contributed by atoms with Crippen LogP contribution in [0.2, 0.25) is 0 Å². The van der Waals surface area contributed by atoms with Crippen molar-refractivity contribution in [1.82, 2.24) is 9.55 Å². The van der Waals surface area contributed by atoms with Gasteiger partial charge in [-0.1, -0.05) is 0 Å². The third kappa shape index (κ3) is 4.64. The van der Waals surface area contributed by atoms with Gasteiger partial charge in [-0.2, -0.15) is 4.98 Å². The quantitative estimate of drug-likeness (QED) is 0.403. The van der Waals surface area contributed by atoms with Gasteiger partial charge in [0.25, 0.3) is 0 Å². The van der Waals surface area contributed by atoms with Crippen molar-refractivity contribution in [2.45, 2.75) is 44.3 Å². The van der Waals surface area contributed by atoms with Crippen LogP contribution in [0.1, 0.15) is 26.0 Å². The van der Waals surface area contributed by atoms with E-state index in [1.807, 2.05) is 0 Å². The summed E-state index contributed by atoms with van der Waals surface area (Å²) in [5, 5.41) is 31.1. The number of nitrogens with one attached hydrogen (secondary N) is 1. The maximum Gasteiger partial charge on any atom is 0.351 e. The molecule has 1 aliphatic rings. The fourth-order valence-electron chi connectivity index (χ4n) is 2.44. The van der Waals surface area contributed by atoms with Crippen molar-refractivity contribution in [3.63, 3.8) is 0 Å². The van der Waals surface area contributed by atoms with Crippen LogP contribution >= 0.6 is 0 Å². The molecule has 0 aromatic carbocycles. The first-order valence-corrected chi connectivity index (χ1v) is 8.04. The summed E-state index contributed by atoms with van der Waals surface area (Å²) in [5.41, 5.74) is -0.831. The minimum Gasteiger partial charge on any atom is -0.466 e. The monoisotopic (exact) mass is 371 g/mol. The number of carbonyl (C=O) groups is 2. The smallest absolute Gasteiger partial charge is 0.351 e. The summed E-state index contributed by atoms with van der Waals surface area (Å²) < 4.78 is 10.9. The molecule has 4 N–H and O–H groups in total. The van der Waals surface area contributed by atoms with Crippen LogP contribution in [0.15, 0.2) is 17.1 Å². The van der Waals surface area contributed by atoms with Crippen LogP contribution in [0.5, 0.6) is 0 Å². The Morgan fingerprint density at radius 1 is 1.35 bits per heavy atom. The summed E-state index contributed by atoms with van der Waals surface area (Å²) in [5.74, 6) is -1.06. The number of esters is 1. The number of aliphatic hydroxyl groups excluding tert-OH is 3. The molecule has 1 aromatic heterocycles. The van der Waals surface area contributed by atoms with Crippen molar-refractivity contribution in [2.24, 2.45) is 0 Å². The van der Waals surface area contributed by atoms with Gasteiger partial charge in [-0.25, -0.2) is 4.79 Å². The number of carbonyl (C=O) groups excluding carboxylic acids is 2. The van der Waals surface area contributed by atoms with Gasteiger partial charge in [-0.15, -0.1) is 0 Å². The largest absolute Gasteiger partial charge is 0.466 e. The minimum atomic E-state index is -1.42. The van der Waals surface area contributed by atoms with Crippen LogP contribution in [-0.2, 0) is 19.1 Å². The molecule has 0 aliphatic carbocycles. The Balaban J connectivity index is 2.00. The SMILES string of the molecule is CCOC(=O)CCC(=O)Nc1ccn([C@@H]2O[C@H](CO)[C@@H](O)[C@@H]2O)c(=O)n1. The van der Waals surface area contributed by atoms with Gasteiger partial charge >= 0.3 is 11.7 Å². The molecule has 11 nitrogen and oxygen atoms in total. The number of ether oxygens (including phenoxy) is 2. The second-order valence-corrected chi connectivity index (χ2v) is 5.58. The molecule has 1 saturated heterocycles. The summed E-state index contributed by atoms with van der Waals surface area (Å²) in [6.07, 6.45) is -4.00. The summed E-state index contributed by atoms with van der Waals surface area (Å²) in [6, 6.07) is 1.30. The molecule has 26 heavy (non-hydrogen) atoms. The number of aliphatic hydroxyl groups is 3. The lowest BCUT2D eigenvalue weighted by molar-refractivity contribution is -0.144. The van der Waals surface area contributed by atoms with E-state index in [9.17, 15) is 24.6 Å². The molecule has 1 aliphatic heterocycles. The summed E-state index contributed by atoms with van der Waals surface area (Å²) in [6.45, 7) is 1.36. The Hall–Kier alpha value is -2.34. The molecule has 0 unspecified atom stereocenters. The standard InChI is InChI=1S/C15H21N3O8/c1-2-25-11(21)4-3-10(20)16-9-5-6-18(15(24)17-9)14-13(23)12(22)8(7-19)26-14/h5-6,8,12-14,19,22-23H,2-4,7H2,1H3,(H,16,17,20,24)/t8-,12-,13+,14-/m1/s1. The third-order valence-corrected chi connectivity index (χ3v) is 3.75. The molecule has 0 saturated carbocycles. The molecule has 1 aromatic rings. The highest BCUT2D eigenvalue weighted by molar-refractivity contribution is 5.91. The molecule has 11 heteroatoms. The zero-order valence-electron chi connectivity index (χ0n) is 14.1. The van der Waals surface area contributed by atoms with Gasteiger partial charge < -0.3 is 30.1 Å². The van der Waals surface area contributed by atoms with E-state index >= 15 is 0 Å². The average molecular weight is 371 g/mol. The van der Waals surface area contributed by atoms with Crippen LogP contribution in [-0.4, -0.2) is 68.3 Å². The first-order chi connectivity index (χ1) is 12.4. The second kappa shape index (κ2) is 8.85. The van der Waals surface area contributed by atoms with Crippen LogP contribution in [0.25, 0.3) is 0 Å². The molecular weight excluding hydrogens is 350 g/mol. The van der Waals surface area contributed by atoms with Crippen molar-refractivity contribution in [1.29, 1.82) is 0 Å². The third-order valence-electron chi connectivity index (χ3n) is 3.75. The predicted molar refractivity (Wildman–Crippen MR) is 86.0 cm³/mol. The molecule has 2 heterocycles. The first-order valence-electron chi connectivity index (χ1n) is 8.04. The van der Waals surface area contributed by atoms with Crippen molar-refractivity contribution in [3.8, 4) is 0 Å². The van der Waals surface area contributed by atoms with E-state index in [0.717, 1.165) is 4.57 Å². The Kier molecular flexibility index (Phi) is 6.80. The summed E-state index contributed by atoms with van der Waals surface area (Å²) in [7, 11) is 0. The highest BCUT2D eigenvalue weighted by Crippen LogP contribution is 2.28. The number of aromatic nitrogens is 2. The molecular formula is C15H21N3O8. The number of rotatable bonds is 7. The Morgan fingerprint density at radius 2 is 2.08 bits per heavy atom. The lowest BCUT2D eigenvalue weighted by Crippen LogP contribution is -2.36. The summed E-state index contributed by atoms with van der Waals surface area (Å²) >= 11 is 0. The van der Waals surface area contributed by atoms with Gasteiger partial charge in [0, 0.05) is 12.6 Å². The summed E-state index contributed by atoms with van der Waals surface area (Å²) in [4.78, 5) is 38.7. The zero-order chi connectivity index (χ0) is 19.3. The molecule has 2 rings (SSSR count). The van der Waals surface area contributed by atoms with Crippen LogP contribution in [0, 0.1) is 0 Å². The number of anilines is 1. The first kappa shape index (κ1) is 20.0. The lowest BCUT2D eigenvalue weighted by Gasteiger charge is -2.17. The maximum atomic E-state index is 12.1. The highest BCUT2D eigenvalue weighted by Gasteiger charge is 2.43. The van der Waals surface area contributed by atoms with Crippen LogP contribution < -0.4 is 11.0 Å². The van der Waals surface area contributed by atoms with Crippen molar-refractivity contribution >= 4 is 17.7 Å². The molecule has 1 amide bonds. The van der Waals surface area contributed by atoms with Gasteiger partial charge in [-0.05, 0) is 13.0 Å². The average Bonchev–Trinajstić information content (AvgIpc) is 2.88. The molecule has 4 atom stereocenters. The van der Waals surface area contributed by atoms with E-state index in [-0.39, 0.29) is 25.3 Å². The van der Waals surface area contributed by atoms with Crippen LogP contribution in [0.3, 0.4) is 0 Å².